The summed E-state index contributed by atoms with van der Waals surface area (Å²) in [5.74, 6) is 0. The Labute approximate surface area is 119 Å². The minimum Gasteiger partial charge on any atom is -0.383 e. The third-order valence-corrected chi connectivity index (χ3v) is 3.12. The summed E-state index contributed by atoms with van der Waals surface area (Å²) in [6.07, 6.45) is 3.44. The summed E-state index contributed by atoms with van der Waals surface area (Å²) >= 11 is 0. The highest BCUT2D eigenvalue weighted by Crippen LogP contribution is 2.10. The van der Waals surface area contributed by atoms with E-state index in [9.17, 15) is 0 Å². The van der Waals surface area contributed by atoms with Crippen molar-refractivity contribution >= 4 is 11.0 Å². The van der Waals surface area contributed by atoms with Gasteiger partial charge < -0.3 is 15.4 Å². The Morgan fingerprint density at radius 3 is 2.80 bits per heavy atom. The molecule has 2 N–H and O–H groups in total. The summed E-state index contributed by atoms with van der Waals surface area (Å²) in [5.41, 5.74) is 3.10. The zero-order valence-electron chi connectivity index (χ0n) is 12.1. The fraction of sp³-hybridized carbons (Fsp3) is 0.467. The molecule has 1 heterocycles. The zero-order chi connectivity index (χ0) is 14.2. The van der Waals surface area contributed by atoms with Crippen LogP contribution in [0.4, 0.5) is 0 Å². The first-order valence-electron chi connectivity index (χ1n) is 6.92. The van der Waals surface area contributed by atoms with Crippen LogP contribution in [0.25, 0.3) is 11.0 Å². The minimum absolute atomic E-state index is 0.407. The summed E-state index contributed by atoms with van der Waals surface area (Å²) in [6.45, 7) is 5.56. The van der Waals surface area contributed by atoms with E-state index in [-0.39, 0.29) is 0 Å². The molecule has 1 unspecified atom stereocenters. The molecule has 0 aliphatic rings. The van der Waals surface area contributed by atoms with Crippen molar-refractivity contribution in [2.24, 2.45) is 0 Å². The number of hydrogen-bond donors (Lipinski definition) is 2. The van der Waals surface area contributed by atoms with Crippen molar-refractivity contribution in [3.05, 3.63) is 36.2 Å². The van der Waals surface area contributed by atoms with Crippen LogP contribution in [0.1, 0.15) is 12.5 Å². The van der Waals surface area contributed by atoms with Crippen LogP contribution >= 0.6 is 0 Å². The van der Waals surface area contributed by atoms with Gasteiger partial charge in [-0.1, -0.05) is 6.07 Å². The number of nitrogens with zero attached hydrogens (tertiary/aromatic N) is 2. The highest BCUT2D eigenvalue weighted by Gasteiger charge is 2.02. The van der Waals surface area contributed by atoms with Crippen LogP contribution < -0.4 is 10.6 Å². The molecule has 5 nitrogen and oxygen atoms in total. The summed E-state index contributed by atoms with van der Waals surface area (Å²) in [5, 5.41) is 6.83. The third kappa shape index (κ3) is 4.52. The fourth-order valence-electron chi connectivity index (χ4n) is 1.98. The van der Waals surface area contributed by atoms with Crippen LogP contribution in [0.3, 0.4) is 0 Å². The Morgan fingerprint density at radius 1 is 1.20 bits per heavy atom. The first-order chi connectivity index (χ1) is 9.79. The van der Waals surface area contributed by atoms with Gasteiger partial charge in [0.1, 0.15) is 0 Å². The Bertz CT molecular complexity index is 532. The van der Waals surface area contributed by atoms with Crippen LogP contribution in [0, 0.1) is 0 Å². The van der Waals surface area contributed by atoms with Gasteiger partial charge in [0.15, 0.2) is 0 Å². The van der Waals surface area contributed by atoms with Gasteiger partial charge >= 0.3 is 0 Å². The van der Waals surface area contributed by atoms with Crippen molar-refractivity contribution in [3.8, 4) is 0 Å². The third-order valence-electron chi connectivity index (χ3n) is 3.12. The van der Waals surface area contributed by atoms with Gasteiger partial charge in [-0.15, -0.1) is 0 Å². The maximum atomic E-state index is 5.00. The predicted octanol–water partition coefficient (Wildman–Crippen LogP) is 1.34. The predicted molar refractivity (Wildman–Crippen MR) is 80.6 cm³/mol. The van der Waals surface area contributed by atoms with Crippen LogP contribution in [0.2, 0.25) is 0 Å². The second kappa shape index (κ2) is 7.89. The van der Waals surface area contributed by atoms with Crippen molar-refractivity contribution < 1.29 is 4.74 Å². The molecule has 20 heavy (non-hydrogen) atoms. The van der Waals surface area contributed by atoms with Crippen LogP contribution in [0.5, 0.6) is 0 Å². The first-order valence-corrected chi connectivity index (χ1v) is 6.92. The van der Waals surface area contributed by atoms with E-state index in [1.165, 1.54) is 5.56 Å². The lowest BCUT2D eigenvalue weighted by molar-refractivity contribution is 0.198. The van der Waals surface area contributed by atoms with E-state index in [1.807, 2.05) is 6.07 Å². The molecule has 0 aliphatic carbocycles. The van der Waals surface area contributed by atoms with Crippen molar-refractivity contribution in [3.63, 3.8) is 0 Å². The van der Waals surface area contributed by atoms with Gasteiger partial charge in [-0.3, -0.25) is 9.97 Å². The minimum atomic E-state index is 0.407. The average Bonchev–Trinajstić information content (AvgIpc) is 2.49. The fourth-order valence-corrected chi connectivity index (χ4v) is 1.98. The maximum absolute atomic E-state index is 5.00. The largest absolute Gasteiger partial charge is 0.383 e. The number of rotatable bonds is 8. The molecule has 108 valence electrons. The number of methoxy groups -OCH3 is 1. The quantitative estimate of drug-likeness (QED) is 0.712. The second-order valence-electron chi connectivity index (χ2n) is 4.86. The summed E-state index contributed by atoms with van der Waals surface area (Å²) in [7, 11) is 1.71. The van der Waals surface area contributed by atoms with Crippen LogP contribution in [-0.4, -0.2) is 42.8 Å². The van der Waals surface area contributed by atoms with E-state index in [4.69, 9.17) is 4.74 Å². The molecule has 0 amide bonds. The monoisotopic (exact) mass is 274 g/mol. The van der Waals surface area contributed by atoms with Gasteiger partial charge in [0.05, 0.1) is 17.6 Å². The Morgan fingerprint density at radius 2 is 2.00 bits per heavy atom. The number of nitrogens with one attached hydrogen (secondary N) is 2. The molecule has 0 saturated carbocycles. The molecule has 0 saturated heterocycles. The van der Waals surface area contributed by atoms with Gasteiger partial charge in [0.2, 0.25) is 0 Å². The van der Waals surface area contributed by atoms with Crippen molar-refractivity contribution in [1.82, 2.24) is 20.6 Å². The Kier molecular flexibility index (Phi) is 5.86. The van der Waals surface area contributed by atoms with Crippen molar-refractivity contribution in [1.29, 1.82) is 0 Å². The SMILES string of the molecule is COCCNCC(C)NCc1ccc2nccnc2c1. The molecule has 0 radical (unpaired) electrons. The van der Waals surface area contributed by atoms with Gasteiger partial charge in [-0.2, -0.15) is 0 Å². The van der Waals surface area contributed by atoms with E-state index in [0.29, 0.717) is 6.04 Å². The van der Waals surface area contributed by atoms with E-state index in [2.05, 4.69) is 39.7 Å². The lowest BCUT2D eigenvalue weighted by Gasteiger charge is -2.14. The maximum Gasteiger partial charge on any atom is 0.0890 e. The number of aromatic nitrogens is 2. The van der Waals surface area contributed by atoms with Crippen LogP contribution in [-0.2, 0) is 11.3 Å². The van der Waals surface area contributed by atoms with E-state index in [1.54, 1.807) is 19.5 Å². The lowest BCUT2D eigenvalue weighted by Crippen LogP contribution is -2.37. The van der Waals surface area contributed by atoms with E-state index >= 15 is 0 Å². The van der Waals surface area contributed by atoms with E-state index in [0.717, 1.165) is 37.3 Å². The van der Waals surface area contributed by atoms with Gasteiger partial charge in [0.25, 0.3) is 0 Å². The molecule has 1 aromatic heterocycles. The number of fused-ring (bicyclic) bond motifs is 1. The molecule has 5 heteroatoms. The molecular weight excluding hydrogens is 252 g/mol. The lowest BCUT2D eigenvalue weighted by atomic mass is 10.2. The summed E-state index contributed by atoms with van der Waals surface area (Å²) in [4.78, 5) is 8.59. The number of hydrogen-bond acceptors (Lipinski definition) is 5. The van der Waals surface area contributed by atoms with Crippen molar-refractivity contribution in [2.75, 3.05) is 26.8 Å². The smallest absolute Gasteiger partial charge is 0.0890 e. The molecular formula is C15H22N4O. The second-order valence-corrected chi connectivity index (χ2v) is 4.86. The highest BCUT2D eigenvalue weighted by atomic mass is 16.5. The molecule has 0 fully saturated rings. The molecule has 0 aliphatic heterocycles. The molecule has 0 spiro atoms. The normalized spacial score (nSPS) is 12.7. The average molecular weight is 274 g/mol. The molecule has 2 rings (SSSR count). The summed E-state index contributed by atoms with van der Waals surface area (Å²) < 4.78 is 5.00. The highest BCUT2D eigenvalue weighted by molar-refractivity contribution is 5.74. The molecule has 1 aromatic carbocycles. The molecule has 1 atom stereocenters. The van der Waals surface area contributed by atoms with Gasteiger partial charge in [-0.05, 0) is 24.6 Å². The number of benzene rings is 1. The van der Waals surface area contributed by atoms with Crippen LogP contribution in [0.15, 0.2) is 30.6 Å². The Hall–Kier alpha value is -1.56. The van der Waals surface area contributed by atoms with Gasteiger partial charge in [-0.25, -0.2) is 0 Å². The van der Waals surface area contributed by atoms with E-state index < -0.39 is 0 Å². The zero-order valence-corrected chi connectivity index (χ0v) is 12.1. The Balaban J connectivity index is 1.80. The van der Waals surface area contributed by atoms with Crippen molar-refractivity contribution in [2.45, 2.75) is 19.5 Å². The molecule has 2 aromatic rings. The number of ether oxygens (including phenoxy) is 1. The van der Waals surface area contributed by atoms with Gasteiger partial charge in [0, 0.05) is 45.2 Å². The molecule has 0 bridgehead atoms. The first kappa shape index (κ1) is 14.8. The standard InChI is InChI=1S/C15H22N4O/c1-12(10-16-7-8-20-2)19-11-13-3-4-14-15(9-13)18-6-5-17-14/h3-6,9,12,16,19H,7-8,10-11H2,1-2H3. The summed E-state index contributed by atoms with van der Waals surface area (Å²) in [6, 6.07) is 6.60. The topological polar surface area (TPSA) is 59.1 Å².